The summed E-state index contributed by atoms with van der Waals surface area (Å²) in [6.07, 6.45) is 2.95. The Bertz CT molecular complexity index is 299. The first-order chi connectivity index (χ1) is 7.97. The maximum atomic E-state index is 11.6. The Morgan fingerprint density at radius 3 is 2.59 bits per heavy atom. The predicted octanol–water partition coefficient (Wildman–Crippen LogP) is 2.84. The Morgan fingerprint density at radius 2 is 2.12 bits per heavy atom. The Labute approximate surface area is 103 Å². The van der Waals surface area contributed by atoms with E-state index >= 15 is 0 Å². The molecule has 4 nitrogen and oxygen atoms in total. The Hall–Kier alpha value is -1.24. The number of hydrogen-bond donors (Lipinski definition) is 1. The van der Waals surface area contributed by atoms with Crippen LogP contribution in [0.2, 0.25) is 0 Å². The molecule has 1 N–H and O–H groups in total. The van der Waals surface area contributed by atoms with Gasteiger partial charge in [0.05, 0.1) is 12.7 Å². The summed E-state index contributed by atoms with van der Waals surface area (Å²) in [5, 5.41) is 12.0. The van der Waals surface area contributed by atoms with Crippen LogP contribution in [0.5, 0.6) is 0 Å². The molecule has 0 bridgehead atoms. The largest absolute Gasteiger partial charge is 0.449 e. The molecule has 4 heteroatoms. The molecule has 1 fully saturated rings. The number of nitriles is 1. The molecule has 0 aromatic heterocycles. The van der Waals surface area contributed by atoms with Gasteiger partial charge in [0.15, 0.2) is 0 Å². The van der Waals surface area contributed by atoms with Crippen molar-refractivity contribution in [2.75, 3.05) is 6.61 Å². The zero-order valence-electron chi connectivity index (χ0n) is 11.0. The predicted molar refractivity (Wildman–Crippen MR) is 65.3 cm³/mol. The molecule has 0 saturated heterocycles. The maximum Gasteiger partial charge on any atom is 0.408 e. The van der Waals surface area contributed by atoms with Gasteiger partial charge in [-0.1, -0.05) is 20.8 Å². The van der Waals surface area contributed by atoms with E-state index in [2.05, 4.69) is 18.3 Å². The van der Waals surface area contributed by atoms with Crippen molar-refractivity contribution in [3.63, 3.8) is 0 Å². The van der Waals surface area contributed by atoms with Gasteiger partial charge in [-0.25, -0.2) is 4.79 Å². The third kappa shape index (κ3) is 4.26. The Balaban J connectivity index is 2.47. The summed E-state index contributed by atoms with van der Waals surface area (Å²) >= 11 is 0. The molecule has 1 aliphatic rings. The van der Waals surface area contributed by atoms with E-state index < -0.39 is 11.6 Å². The van der Waals surface area contributed by atoms with E-state index in [9.17, 15) is 10.1 Å². The molecule has 0 atom stereocenters. The van der Waals surface area contributed by atoms with Crippen LogP contribution in [0.4, 0.5) is 4.79 Å². The summed E-state index contributed by atoms with van der Waals surface area (Å²) in [6.45, 7) is 6.54. The summed E-state index contributed by atoms with van der Waals surface area (Å²) < 4.78 is 5.06. The minimum Gasteiger partial charge on any atom is -0.449 e. The molecule has 0 aromatic carbocycles. The quantitative estimate of drug-likeness (QED) is 0.822. The monoisotopic (exact) mass is 238 g/mol. The molecule has 0 heterocycles. The molecule has 0 aromatic rings. The molecule has 0 spiro atoms. The van der Waals surface area contributed by atoms with Gasteiger partial charge in [-0.2, -0.15) is 5.26 Å². The van der Waals surface area contributed by atoms with Gasteiger partial charge >= 0.3 is 6.09 Å². The van der Waals surface area contributed by atoms with Crippen molar-refractivity contribution in [3.05, 3.63) is 0 Å². The number of alkyl carbamates (subject to hydrolysis) is 1. The second kappa shape index (κ2) is 5.90. The van der Waals surface area contributed by atoms with Gasteiger partial charge in [-0.05, 0) is 37.5 Å². The first kappa shape index (κ1) is 13.8. The third-order valence-electron chi connectivity index (χ3n) is 3.23. The van der Waals surface area contributed by atoms with Crippen LogP contribution < -0.4 is 5.32 Å². The molecular formula is C13H22N2O2. The summed E-state index contributed by atoms with van der Waals surface area (Å²) in [5.41, 5.74) is -0.708. The van der Waals surface area contributed by atoms with Crippen molar-refractivity contribution in [1.29, 1.82) is 5.26 Å². The molecule has 1 saturated carbocycles. The van der Waals surface area contributed by atoms with Gasteiger partial charge in [0.2, 0.25) is 0 Å². The minimum absolute atomic E-state index is 0.310. The number of rotatable bonds is 3. The third-order valence-corrected chi connectivity index (χ3v) is 3.23. The average molecular weight is 238 g/mol. The normalized spacial score (nSPS) is 28.5. The first-order valence-electron chi connectivity index (χ1n) is 6.33. The lowest BCUT2D eigenvalue weighted by atomic mass is 9.78. The van der Waals surface area contributed by atoms with Crippen molar-refractivity contribution in [3.8, 4) is 6.07 Å². The molecule has 1 rings (SSSR count). The second-order valence-corrected chi connectivity index (χ2v) is 5.49. The summed E-state index contributed by atoms with van der Waals surface area (Å²) in [5.74, 6) is 0.954. The fourth-order valence-corrected chi connectivity index (χ4v) is 1.99. The smallest absolute Gasteiger partial charge is 0.408 e. The van der Waals surface area contributed by atoms with Gasteiger partial charge in [-0.3, -0.25) is 0 Å². The van der Waals surface area contributed by atoms with Crippen LogP contribution in [0.3, 0.4) is 0 Å². The highest BCUT2D eigenvalue weighted by Crippen LogP contribution is 2.31. The maximum absolute atomic E-state index is 11.6. The summed E-state index contributed by atoms with van der Waals surface area (Å²) in [6, 6.07) is 2.24. The molecule has 1 amide bonds. The highest BCUT2D eigenvalue weighted by molar-refractivity contribution is 5.69. The second-order valence-electron chi connectivity index (χ2n) is 5.49. The van der Waals surface area contributed by atoms with Gasteiger partial charge in [-0.15, -0.1) is 0 Å². The van der Waals surface area contributed by atoms with E-state index in [1.807, 2.05) is 13.8 Å². The molecule has 96 valence electrons. The lowest BCUT2D eigenvalue weighted by Crippen LogP contribution is -2.49. The lowest BCUT2D eigenvalue weighted by molar-refractivity contribution is 0.118. The molecule has 0 radical (unpaired) electrons. The van der Waals surface area contributed by atoms with Crippen molar-refractivity contribution >= 4 is 6.09 Å². The zero-order valence-corrected chi connectivity index (χ0v) is 11.0. The number of ether oxygens (including phenoxy) is 1. The average Bonchev–Trinajstić information content (AvgIpc) is 2.30. The van der Waals surface area contributed by atoms with E-state index in [0.717, 1.165) is 25.7 Å². The Kier molecular flexibility index (Phi) is 4.80. The molecule has 0 unspecified atom stereocenters. The molecule has 17 heavy (non-hydrogen) atoms. The van der Waals surface area contributed by atoms with Crippen LogP contribution in [-0.2, 0) is 4.74 Å². The number of carbonyl (C=O) groups excluding carboxylic acids is 1. The standard InChI is InChI=1S/C13H22N2O2/c1-10(2)8-17-12(16)15-13(9-14)6-4-11(3)5-7-13/h10-11H,4-8H2,1-3H3,(H,15,16). The Morgan fingerprint density at radius 1 is 1.53 bits per heavy atom. The van der Waals surface area contributed by atoms with Crippen LogP contribution in [-0.4, -0.2) is 18.2 Å². The van der Waals surface area contributed by atoms with Crippen LogP contribution in [0, 0.1) is 23.2 Å². The molecular weight excluding hydrogens is 216 g/mol. The van der Waals surface area contributed by atoms with E-state index in [-0.39, 0.29) is 0 Å². The van der Waals surface area contributed by atoms with E-state index in [4.69, 9.17) is 4.74 Å². The van der Waals surface area contributed by atoms with E-state index in [0.29, 0.717) is 18.4 Å². The highest BCUT2D eigenvalue weighted by atomic mass is 16.5. The van der Waals surface area contributed by atoms with Gasteiger partial charge in [0.25, 0.3) is 0 Å². The van der Waals surface area contributed by atoms with Crippen LogP contribution in [0.1, 0.15) is 46.5 Å². The van der Waals surface area contributed by atoms with Gasteiger partial charge < -0.3 is 10.1 Å². The molecule has 1 aliphatic carbocycles. The topological polar surface area (TPSA) is 62.1 Å². The number of nitrogens with one attached hydrogen (secondary N) is 1. The first-order valence-corrected chi connectivity index (χ1v) is 6.33. The van der Waals surface area contributed by atoms with Crippen molar-refractivity contribution in [2.24, 2.45) is 11.8 Å². The van der Waals surface area contributed by atoms with E-state index in [1.165, 1.54) is 0 Å². The van der Waals surface area contributed by atoms with Crippen LogP contribution in [0.25, 0.3) is 0 Å². The minimum atomic E-state index is -0.708. The molecule has 0 aliphatic heterocycles. The number of carbonyl (C=O) groups is 1. The van der Waals surface area contributed by atoms with Crippen LogP contribution >= 0.6 is 0 Å². The number of hydrogen-bond acceptors (Lipinski definition) is 3. The number of nitrogens with zero attached hydrogens (tertiary/aromatic N) is 1. The van der Waals surface area contributed by atoms with Gasteiger partial charge in [0.1, 0.15) is 5.54 Å². The van der Waals surface area contributed by atoms with E-state index in [1.54, 1.807) is 0 Å². The number of amides is 1. The van der Waals surface area contributed by atoms with Crippen LogP contribution in [0.15, 0.2) is 0 Å². The lowest BCUT2D eigenvalue weighted by Gasteiger charge is -2.33. The van der Waals surface area contributed by atoms with Gasteiger partial charge in [0, 0.05) is 0 Å². The zero-order chi connectivity index (χ0) is 12.9. The van der Waals surface area contributed by atoms with Crippen molar-refractivity contribution < 1.29 is 9.53 Å². The highest BCUT2D eigenvalue weighted by Gasteiger charge is 2.36. The fraction of sp³-hybridized carbons (Fsp3) is 0.846. The summed E-state index contributed by atoms with van der Waals surface area (Å²) in [4.78, 5) is 11.6. The summed E-state index contributed by atoms with van der Waals surface area (Å²) in [7, 11) is 0. The SMILES string of the molecule is CC(C)COC(=O)NC1(C#N)CCC(C)CC1. The van der Waals surface area contributed by atoms with Crippen molar-refractivity contribution in [2.45, 2.75) is 52.0 Å². The fourth-order valence-electron chi connectivity index (χ4n) is 1.99. The van der Waals surface area contributed by atoms with Crippen molar-refractivity contribution in [1.82, 2.24) is 5.32 Å².